The lowest BCUT2D eigenvalue weighted by Crippen LogP contribution is -2.13. The Morgan fingerprint density at radius 2 is 1.24 bits per heavy atom. The molecule has 1 heteroatoms. The molecule has 0 fully saturated rings. The van der Waals surface area contributed by atoms with Crippen LogP contribution in [0.3, 0.4) is 0 Å². The van der Waals surface area contributed by atoms with Gasteiger partial charge in [0.05, 0.1) is 0 Å². The molecule has 96 valence electrons. The van der Waals surface area contributed by atoms with Crippen molar-refractivity contribution in [2.45, 2.75) is 65.7 Å². The molecule has 0 aromatic heterocycles. The number of hydrogen-bond acceptors (Lipinski definition) is 0. The van der Waals surface area contributed by atoms with Gasteiger partial charge in [0.15, 0.2) is 0 Å². The SMILES string of the molecule is CC(C)c1cc(C(C)(C)C)cc(C(C)C)c1Br. The maximum Gasteiger partial charge on any atom is 0.0244 e. The molecule has 1 rings (SSSR count). The van der Waals surface area contributed by atoms with Crippen LogP contribution in [0.25, 0.3) is 0 Å². The zero-order valence-electron chi connectivity index (χ0n) is 12.2. The summed E-state index contributed by atoms with van der Waals surface area (Å²) in [7, 11) is 0. The average molecular weight is 297 g/mol. The van der Waals surface area contributed by atoms with E-state index in [0.29, 0.717) is 11.8 Å². The molecule has 0 atom stereocenters. The van der Waals surface area contributed by atoms with Crippen molar-refractivity contribution in [1.29, 1.82) is 0 Å². The highest BCUT2D eigenvalue weighted by Gasteiger charge is 2.20. The van der Waals surface area contributed by atoms with Crippen LogP contribution in [0.5, 0.6) is 0 Å². The molecule has 0 aliphatic heterocycles. The number of halogens is 1. The Labute approximate surface area is 115 Å². The Morgan fingerprint density at radius 3 is 1.47 bits per heavy atom. The van der Waals surface area contributed by atoms with Crippen molar-refractivity contribution in [3.63, 3.8) is 0 Å². The van der Waals surface area contributed by atoms with Gasteiger partial charge in [0, 0.05) is 4.47 Å². The fraction of sp³-hybridized carbons (Fsp3) is 0.625. The average Bonchev–Trinajstić information content (AvgIpc) is 2.14. The Balaban J connectivity index is 3.48. The van der Waals surface area contributed by atoms with E-state index in [2.05, 4.69) is 76.5 Å². The summed E-state index contributed by atoms with van der Waals surface area (Å²) >= 11 is 3.78. The summed E-state index contributed by atoms with van der Waals surface area (Å²) in [6, 6.07) is 4.72. The minimum absolute atomic E-state index is 0.216. The highest BCUT2D eigenvalue weighted by molar-refractivity contribution is 9.10. The quantitative estimate of drug-likeness (QED) is 0.628. The topological polar surface area (TPSA) is 0 Å². The van der Waals surface area contributed by atoms with E-state index in [1.807, 2.05) is 0 Å². The molecule has 1 aromatic carbocycles. The molecule has 0 aliphatic carbocycles. The first-order valence-corrected chi connectivity index (χ1v) is 7.27. The second kappa shape index (κ2) is 5.14. The van der Waals surface area contributed by atoms with Gasteiger partial charge < -0.3 is 0 Å². The summed E-state index contributed by atoms with van der Waals surface area (Å²) < 4.78 is 1.30. The zero-order valence-corrected chi connectivity index (χ0v) is 13.8. The molecule has 1 aromatic rings. The van der Waals surface area contributed by atoms with Crippen LogP contribution >= 0.6 is 15.9 Å². The van der Waals surface area contributed by atoms with E-state index in [0.717, 1.165) is 0 Å². The van der Waals surface area contributed by atoms with Crippen molar-refractivity contribution in [2.75, 3.05) is 0 Å². The van der Waals surface area contributed by atoms with Crippen LogP contribution in [-0.2, 0) is 5.41 Å². The normalized spacial score (nSPS) is 12.6. The van der Waals surface area contributed by atoms with Crippen LogP contribution in [0.15, 0.2) is 16.6 Å². The summed E-state index contributed by atoms with van der Waals surface area (Å²) in [5, 5.41) is 0. The van der Waals surface area contributed by atoms with Crippen molar-refractivity contribution >= 4 is 15.9 Å². The van der Waals surface area contributed by atoms with Gasteiger partial charge in [-0.2, -0.15) is 0 Å². The second-order valence-corrected chi connectivity index (χ2v) is 7.32. The van der Waals surface area contributed by atoms with E-state index >= 15 is 0 Å². The predicted molar refractivity (Wildman–Crippen MR) is 81.0 cm³/mol. The van der Waals surface area contributed by atoms with E-state index in [-0.39, 0.29) is 5.41 Å². The molecule has 0 saturated carbocycles. The predicted octanol–water partition coefficient (Wildman–Crippen LogP) is 5.99. The molecule has 0 aliphatic rings. The Hall–Kier alpha value is -0.300. The number of rotatable bonds is 2. The molecule has 0 amide bonds. The molecule has 0 unspecified atom stereocenters. The van der Waals surface area contributed by atoms with Crippen LogP contribution in [0.2, 0.25) is 0 Å². The fourth-order valence-corrected chi connectivity index (χ4v) is 3.09. The molecule has 0 nitrogen and oxygen atoms in total. The van der Waals surface area contributed by atoms with Crippen LogP contribution in [-0.4, -0.2) is 0 Å². The van der Waals surface area contributed by atoms with E-state index in [4.69, 9.17) is 0 Å². The van der Waals surface area contributed by atoms with E-state index < -0.39 is 0 Å². The Morgan fingerprint density at radius 1 is 0.882 bits per heavy atom. The van der Waals surface area contributed by atoms with Gasteiger partial charge in [-0.15, -0.1) is 0 Å². The van der Waals surface area contributed by atoms with Crippen molar-refractivity contribution < 1.29 is 0 Å². The minimum Gasteiger partial charge on any atom is -0.0586 e. The van der Waals surface area contributed by atoms with Crippen LogP contribution < -0.4 is 0 Å². The van der Waals surface area contributed by atoms with Crippen molar-refractivity contribution in [3.8, 4) is 0 Å². The molecule has 0 bridgehead atoms. The van der Waals surface area contributed by atoms with Crippen LogP contribution in [0, 0.1) is 0 Å². The summed E-state index contributed by atoms with van der Waals surface area (Å²) in [6.07, 6.45) is 0. The van der Waals surface area contributed by atoms with Crippen LogP contribution in [0.4, 0.5) is 0 Å². The molecule has 17 heavy (non-hydrogen) atoms. The third-order valence-corrected chi connectivity index (χ3v) is 4.15. The number of benzene rings is 1. The maximum absolute atomic E-state index is 3.78. The molecular weight excluding hydrogens is 272 g/mol. The van der Waals surface area contributed by atoms with Gasteiger partial charge in [0.1, 0.15) is 0 Å². The molecule has 0 heterocycles. The Kier molecular flexibility index (Phi) is 4.46. The molecule has 0 N–H and O–H groups in total. The van der Waals surface area contributed by atoms with E-state index in [1.54, 1.807) is 0 Å². The Bertz CT molecular complexity index is 365. The standard InChI is InChI=1S/C16H25Br/c1-10(2)13-8-12(16(5,6)7)9-14(11(3)4)15(13)17/h8-11H,1-7H3. The van der Waals surface area contributed by atoms with Gasteiger partial charge in [0.25, 0.3) is 0 Å². The van der Waals surface area contributed by atoms with Crippen molar-refractivity contribution in [2.24, 2.45) is 0 Å². The van der Waals surface area contributed by atoms with Gasteiger partial charge in [-0.05, 0) is 33.9 Å². The third kappa shape index (κ3) is 3.34. The monoisotopic (exact) mass is 296 g/mol. The highest BCUT2D eigenvalue weighted by Crippen LogP contribution is 2.36. The smallest absolute Gasteiger partial charge is 0.0244 e. The van der Waals surface area contributed by atoms with E-state index in [9.17, 15) is 0 Å². The molecule has 0 radical (unpaired) electrons. The van der Waals surface area contributed by atoms with Gasteiger partial charge in [-0.3, -0.25) is 0 Å². The lowest BCUT2D eigenvalue weighted by atomic mass is 9.82. The van der Waals surface area contributed by atoms with Gasteiger partial charge in [-0.1, -0.05) is 76.5 Å². The largest absolute Gasteiger partial charge is 0.0586 e. The highest BCUT2D eigenvalue weighted by atomic mass is 79.9. The number of hydrogen-bond donors (Lipinski definition) is 0. The summed E-state index contributed by atoms with van der Waals surface area (Å²) in [5.41, 5.74) is 4.52. The summed E-state index contributed by atoms with van der Waals surface area (Å²) in [6.45, 7) is 15.9. The lowest BCUT2D eigenvalue weighted by Gasteiger charge is -2.25. The first-order chi connectivity index (χ1) is 7.64. The molecular formula is C16H25Br. The second-order valence-electron chi connectivity index (χ2n) is 6.53. The van der Waals surface area contributed by atoms with Crippen LogP contribution in [0.1, 0.15) is 77.0 Å². The van der Waals surface area contributed by atoms with Gasteiger partial charge in [0.2, 0.25) is 0 Å². The maximum atomic E-state index is 3.78. The van der Waals surface area contributed by atoms with E-state index in [1.165, 1.54) is 21.2 Å². The van der Waals surface area contributed by atoms with Gasteiger partial charge >= 0.3 is 0 Å². The minimum atomic E-state index is 0.216. The first kappa shape index (κ1) is 14.8. The first-order valence-electron chi connectivity index (χ1n) is 6.48. The lowest BCUT2D eigenvalue weighted by molar-refractivity contribution is 0.586. The summed E-state index contributed by atoms with van der Waals surface area (Å²) in [5.74, 6) is 1.12. The third-order valence-electron chi connectivity index (χ3n) is 3.24. The summed E-state index contributed by atoms with van der Waals surface area (Å²) in [4.78, 5) is 0. The fourth-order valence-electron chi connectivity index (χ4n) is 1.94. The van der Waals surface area contributed by atoms with Crippen molar-refractivity contribution in [1.82, 2.24) is 0 Å². The van der Waals surface area contributed by atoms with Gasteiger partial charge in [-0.25, -0.2) is 0 Å². The van der Waals surface area contributed by atoms with Crippen molar-refractivity contribution in [3.05, 3.63) is 33.3 Å². The molecule has 0 spiro atoms. The molecule has 0 saturated heterocycles. The zero-order chi connectivity index (χ0) is 13.4.